The maximum Gasteiger partial charge on any atom is 0.130 e. The molecule has 0 aliphatic carbocycles. The van der Waals surface area contributed by atoms with E-state index in [2.05, 4.69) is 28.2 Å². The zero-order valence-corrected chi connectivity index (χ0v) is 11.1. The van der Waals surface area contributed by atoms with Crippen LogP contribution < -0.4 is 5.32 Å². The molecule has 1 aliphatic rings. The Kier molecular flexibility index (Phi) is 4.96. The molecule has 2 heterocycles. The number of aliphatic hydroxyl groups excluding tert-OH is 1. The molecule has 0 saturated carbocycles. The molecule has 1 aliphatic heterocycles. The van der Waals surface area contributed by atoms with Crippen LogP contribution in [-0.4, -0.2) is 41.2 Å². The minimum absolute atomic E-state index is 0.309. The molecule has 1 aromatic rings. The Labute approximate surface area is 109 Å². The third-order valence-corrected chi connectivity index (χ3v) is 3.49. The van der Waals surface area contributed by atoms with Crippen molar-refractivity contribution < 1.29 is 5.11 Å². The summed E-state index contributed by atoms with van der Waals surface area (Å²) in [4.78, 5) is 6.80. The van der Waals surface area contributed by atoms with Gasteiger partial charge in [-0.2, -0.15) is 0 Å². The molecule has 2 rings (SSSR count). The highest BCUT2D eigenvalue weighted by Crippen LogP contribution is 2.20. The summed E-state index contributed by atoms with van der Waals surface area (Å²) >= 11 is 0. The SMILES string of the molecule is CCNc1ncccc1CN1CCCC(CO)C1. The van der Waals surface area contributed by atoms with Crippen LogP contribution >= 0.6 is 0 Å². The molecular formula is C14H23N3O. The Morgan fingerprint density at radius 3 is 3.22 bits per heavy atom. The first-order chi connectivity index (χ1) is 8.83. The molecule has 0 spiro atoms. The summed E-state index contributed by atoms with van der Waals surface area (Å²) in [5.74, 6) is 1.43. The summed E-state index contributed by atoms with van der Waals surface area (Å²) in [7, 11) is 0. The van der Waals surface area contributed by atoms with Gasteiger partial charge in [-0.3, -0.25) is 4.90 Å². The summed E-state index contributed by atoms with van der Waals surface area (Å²) in [5.41, 5.74) is 1.25. The van der Waals surface area contributed by atoms with Gasteiger partial charge in [-0.15, -0.1) is 0 Å². The van der Waals surface area contributed by atoms with Crippen molar-refractivity contribution in [3.05, 3.63) is 23.9 Å². The molecule has 1 aromatic heterocycles. The van der Waals surface area contributed by atoms with E-state index in [4.69, 9.17) is 0 Å². The van der Waals surface area contributed by atoms with Crippen LogP contribution in [-0.2, 0) is 6.54 Å². The molecular weight excluding hydrogens is 226 g/mol. The second-order valence-electron chi connectivity index (χ2n) is 4.97. The number of piperidine rings is 1. The minimum atomic E-state index is 0.309. The predicted octanol–water partition coefficient (Wildman–Crippen LogP) is 1.72. The van der Waals surface area contributed by atoms with Crippen molar-refractivity contribution in [1.29, 1.82) is 0 Å². The van der Waals surface area contributed by atoms with E-state index in [-0.39, 0.29) is 0 Å². The van der Waals surface area contributed by atoms with Crippen LogP contribution in [0.1, 0.15) is 25.3 Å². The molecule has 0 aromatic carbocycles. The zero-order valence-electron chi connectivity index (χ0n) is 11.1. The van der Waals surface area contributed by atoms with Crippen molar-refractivity contribution in [1.82, 2.24) is 9.88 Å². The maximum atomic E-state index is 9.26. The van der Waals surface area contributed by atoms with Crippen molar-refractivity contribution in [3.63, 3.8) is 0 Å². The highest BCUT2D eigenvalue weighted by atomic mass is 16.3. The standard InChI is InChI=1S/C14H23N3O/c1-2-15-14-13(6-3-7-16-14)10-17-8-4-5-12(9-17)11-18/h3,6-7,12,18H,2,4-5,8-11H2,1H3,(H,15,16). The molecule has 2 N–H and O–H groups in total. The highest BCUT2D eigenvalue weighted by molar-refractivity contribution is 5.43. The summed E-state index contributed by atoms with van der Waals surface area (Å²) in [6, 6.07) is 4.12. The van der Waals surface area contributed by atoms with Gasteiger partial charge in [-0.25, -0.2) is 4.98 Å². The third kappa shape index (κ3) is 3.43. The quantitative estimate of drug-likeness (QED) is 0.834. The van der Waals surface area contributed by atoms with E-state index in [9.17, 15) is 5.11 Å². The number of aromatic nitrogens is 1. The van der Waals surface area contributed by atoms with Crippen molar-refractivity contribution in [2.24, 2.45) is 5.92 Å². The van der Waals surface area contributed by atoms with Crippen LogP contribution in [0, 0.1) is 5.92 Å². The molecule has 18 heavy (non-hydrogen) atoms. The first-order valence-corrected chi connectivity index (χ1v) is 6.84. The fourth-order valence-electron chi connectivity index (χ4n) is 2.58. The van der Waals surface area contributed by atoms with Crippen LogP contribution in [0.4, 0.5) is 5.82 Å². The van der Waals surface area contributed by atoms with Crippen LogP contribution in [0.15, 0.2) is 18.3 Å². The summed E-state index contributed by atoms with van der Waals surface area (Å²) < 4.78 is 0. The van der Waals surface area contributed by atoms with E-state index in [1.54, 1.807) is 0 Å². The van der Waals surface area contributed by atoms with Gasteiger partial charge in [0.2, 0.25) is 0 Å². The van der Waals surface area contributed by atoms with E-state index in [1.807, 2.05) is 12.3 Å². The number of hydrogen-bond acceptors (Lipinski definition) is 4. The average Bonchev–Trinajstić information content (AvgIpc) is 2.41. The van der Waals surface area contributed by atoms with E-state index in [0.29, 0.717) is 12.5 Å². The Hall–Kier alpha value is -1.13. The number of aliphatic hydroxyl groups is 1. The molecule has 100 valence electrons. The van der Waals surface area contributed by atoms with Crippen LogP contribution in [0.2, 0.25) is 0 Å². The molecule has 1 atom stereocenters. The summed E-state index contributed by atoms with van der Waals surface area (Å²) in [6.07, 6.45) is 4.16. The Balaban J connectivity index is 1.99. The fraction of sp³-hybridized carbons (Fsp3) is 0.643. The van der Waals surface area contributed by atoms with Gasteiger partial charge in [-0.05, 0) is 38.3 Å². The van der Waals surface area contributed by atoms with Crippen molar-refractivity contribution in [2.45, 2.75) is 26.3 Å². The number of likely N-dealkylation sites (tertiary alicyclic amines) is 1. The lowest BCUT2D eigenvalue weighted by molar-refractivity contribution is 0.116. The minimum Gasteiger partial charge on any atom is -0.396 e. The second kappa shape index (κ2) is 6.71. The Bertz CT molecular complexity index is 370. The van der Waals surface area contributed by atoms with Gasteiger partial charge in [0.1, 0.15) is 5.82 Å². The number of rotatable bonds is 5. The Morgan fingerprint density at radius 2 is 2.44 bits per heavy atom. The monoisotopic (exact) mass is 249 g/mol. The van der Waals surface area contributed by atoms with Crippen LogP contribution in [0.25, 0.3) is 0 Å². The first-order valence-electron chi connectivity index (χ1n) is 6.84. The van der Waals surface area contributed by atoms with E-state index < -0.39 is 0 Å². The van der Waals surface area contributed by atoms with Crippen LogP contribution in [0.5, 0.6) is 0 Å². The van der Waals surface area contributed by atoms with Crippen molar-refractivity contribution >= 4 is 5.82 Å². The van der Waals surface area contributed by atoms with Gasteiger partial charge >= 0.3 is 0 Å². The fourth-order valence-corrected chi connectivity index (χ4v) is 2.58. The maximum absolute atomic E-state index is 9.26. The number of nitrogens with zero attached hydrogens (tertiary/aromatic N) is 2. The summed E-state index contributed by atoms with van der Waals surface area (Å²) in [6.45, 7) is 6.33. The van der Waals surface area contributed by atoms with Gasteiger partial charge in [0, 0.05) is 38.0 Å². The molecule has 4 nitrogen and oxygen atoms in total. The molecule has 1 fully saturated rings. The molecule has 1 saturated heterocycles. The zero-order chi connectivity index (χ0) is 12.8. The second-order valence-corrected chi connectivity index (χ2v) is 4.97. The van der Waals surface area contributed by atoms with Gasteiger partial charge in [0.25, 0.3) is 0 Å². The molecule has 0 bridgehead atoms. The van der Waals surface area contributed by atoms with Gasteiger partial charge < -0.3 is 10.4 Å². The lowest BCUT2D eigenvalue weighted by Crippen LogP contribution is -2.36. The van der Waals surface area contributed by atoms with Gasteiger partial charge in [0.05, 0.1) is 0 Å². The smallest absolute Gasteiger partial charge is 0.130 e. The number of anilines is 1. The van der Waals surface area contributed by atoms with Gasteiger partial charge in [-0.1, -0.05) is 6.07 Å². The predicted molar refractivity (Wildman–Crippen MR) is 73.5 cm³/mol. The van der Waals surface area contributed by atoms with Crippen molar-refractivity contribution in [3.8, 4) is 0 Å². The average molecular weight is 249 g/mol. The van der Waals surface area contributed by atoms with E-state index in [0.717, 1.165) is 38.4 Å². The van der Waals surface area contributed by atoms with E-state index >= 15 is 0 Å². The summed E-state index contributed by atoms with van der Waals surface area (Å²) in [5, 5.41) is 12.6. The topological polar surface area (TPSA) is 48.4 Å². The molecule has 1 unspecified atom stereocenters. The van der Waals surface area contributed by atoms with Gasteiger partial charge in [0.15, 0.2) is 0 Å². The molecule has 4 heteroatoms. The number of hydrogen-bond donors (Lipinski definition) is 2. The van der Waals surface area contributed by atoms with Crippen LogP contribution in [0.3, 0.4) is 0 Å². The largest absolute Gasteiger partial charge is 0.396 e. The normalized spacial score (nSPS) is 20.9. The lowest BCUT2D eigenvalue weighted by Gasteiger charge is -2.32. The van der Waals surface area contributed by atoms with E-state index in [1.165, 1.54) is 12.0 Å². The third-order valence-electron chi connectivity index (χ3n) is 3.49. The van der Waals surface area contributed by atoms with Crippen molar-refractivity contribution in [2.75, 3.05) is 31.6 Å². The first kappa shape index (κ1) is 13.3. The Morgan fingerprint density at radius 1 is 1.56 bits per heavy atom. The number of nitrogens with one attached hydrogen (secondary N) is 1. The lowest BCUT2D eigenvalue weighted by atomic mass is 9.98. The highest BCUT2D eigenvalue weighted by Gasteiger charge is 2.19. The molecule has 0 radical (unpaired) electrons. The number of pyridine rings is 1. The molecule has 0 amide bonds.